The zero-order chi connectivity index (χ0) is 28.7. The van der Waals surface area contributed by atoms with E-state index >= 15 is 0 Å². The molecule has 1 rings (SSSR count). The molecule has 0 aliphatic heterocycles. The molecule has 2 unspecified atom stereocenters. The summed E-state index contributed by atoms with van der Waals surface area (Å²) < 4.78 is 15.8. The second kappa shape index (κ2) is 16.8. The van der Waals surface area contributed by atoms with Gasteiger partial charge in [0.1, 0.15) is 19.3 Å². The Hall–Kier alpha value is -3.81. The molecule has 38 heavy (non-hydrogen) atoms. The van der Waals surface area contributed by atoms with Crippen molar-refractivity contribution in [2.45, 2.75) is 71.4 Å². The van der Waals surface area contributed by atoms with E-state index in [1.165, 1.54) is 0 Å². The van der Waals surface area contributed by atoms with Crippen LogP contribution in [-0.2, 0) is 38.2 Å². The molecule has 1 aromatic rings. The molecule has 0 radical (unpaired) electrons. The highest BCUT2D eigenvalue weighted by atomic mass is 16.7. The molecule has 0 aliphatic rings. The molecule has 0 aromatic carbocycles. The maximum absolute atomic E-state index is 12.0. The van der Waals surface area contributed by atoms with E-state index in [1.807, 2.05) is 0 Å². The highest BCUT2D eigenvalue weighted by Gasteiger charge is 2.21. The molecule has 2 atom stereocenters. The predicted molar refractivity (Wildman–Crippen MR) is 130 cm³/mol. The quantitative estimate of drug-likeness (QED) is 0.119. The van der Waals surface area contributed by atoms with E-state index in [0.717, 1.165) is 12.1 Å². The summed E-state index contributed by atoms with van der Waals surface area (Å²) in [5, 5.41) is 21.6. The van der Waals surface area contributed by atoms with Crippen LogP contribution in [-0.4, -0.2) is 76.6 Å². The summed E-state index contributed by atoms with van der Waals surface area (Å²) in [5.74, 6) is -4.22. The minimum absolute atomic E-state index is 0.0989. The number of nitrogens with one attached hydrogen (secondary N) is 1. The molecule has 0 saturated carbocycles. The zero-order valence-corrected chi connectivity index (χ0v) is 21.8. The van der Waals surface area contributed by atoms with Crippen LogP contribution in [0.3, 0.4) is 0 Å². The third kappa shape index (κ3) is 12.4. The number of carbonyl (C=O) groups is 5. The fourth-order valence-electron chi connectivity index (χ4n) is 2.78. The molecule has 14 nitrogen and oxygen atoms in total. The van der Waals surface area contributed by atoms with Gasteiger partial charge < -0.3 is 40.3 Å². The second-order valence-corrected chi connectivity index (χ2v) is 8.64. The number of nitrogens with two attached hydrogens (primary N) is 1. The molecule has 0 fully saturated rings. The van der Waals surface area contributed by atoms with Crippen molar-refractivity contribution in [3.05, 3.63) is 12.1 Å². The van der Waals surface area contributed by atoms with Gasteiger partial charge in [0.15, 0.2) is 6.10 Å². The Balaban J connectivity index is 2.25. The summed E-state index contributed by atoms with van der Waals surface area (Å²) >= 11 is 0. The Morgan fingerprint density at radius 3 is 2.18 bits per heavy atom. The van der Waals surface area contributed by atoms with Crippen molar-refractivity contribution in [1.82, 2.24) is 10.0 Å². The third-order valence-corrected chi connectivity index (χ3v) is 5.00. The number of esters is 3. The molecule has 1 heterocycles. The van der Waals surface area contributed by atoms with E-state index in [9.17, 15) is 34.2 Å². The summed E-state index contributed by atoms with van der Waals surface area (Å²) in [5.41, 5.74) is 5.75. The molecule has 214 valence electrons. The average Bonchev–Trinajstić information content (AvgIpc) is 3.19. The molecular formula is C24H37N3O11. The number of hydrogen-bond donors (Lipinski definition) is 4. The first-order valence-corrected chi connectivity index (χ1v) is 12.3. The van der Waals surface area contributed by atoms with Gasteiger partial charge in [-0.3, -0.25) is 19.2 Å². The van der Waals surface area contributed by atoms with E-state index in [4.69, 9.17) is 24.8 Å². The minimum Gasteiger partial charge on any atom is -0.492 e. The van der Waals surface area contributed by atoms with Crippen LogP contribution >= 0.6 is 0 Å². The lowest BCUT2D eigenvalue weighted by atomic mass is 10.1. The predicted octanol–water partition coefficient (Wildman–Crippen LogP) is 0.313. The van der Waals surface area contributed by atoms with Crippen molar-refractivity contribution in [2.24, 2.45) is 11.7 Å². The fraction of sp³-hybridized carbons (Fsp3) is 0.625. The lowest BCUT2D eigenvalue weighted by molar-refractivity contribution is -0.167. The smallest absolute Gasteiger partial charge is 0.349 e. The van der Waals surface area contributed by atoms with Crippen LogP contribution in [0.5, 0.6) is 11.8 Å². The van der Waals surface area contributed by atoms with Gasteiger partial charge in [-0.25, -0.2) is 4.79 Å². The molecule has 0 bridgehead atoms. The number of aromatic hydroxyl groups is 2. The van der Waals surface area contributed by atoms with Gasteiger partial charge in [-0.2, -0.15) is 0 Å². The summed E-state index contributed by atoms with van der Waals surface area (Å²) in [6.45, 7) is 4.61. The van der Waals surface area contributed by atoms with Crippen LogP contribution < -0.4 is 15.9 Å². The Kier molecular flexibility index (Phi) is 14.3. The number of carbonyl (C=O) groups excluding carboxylic acids is 5. The van der Waals surface area contributed by atoms with Crippen molar-refractivity contribution in [3.8, 4) is 11.8 Å². The van der Waals surface area contributed by atoms with Gasteiger partial charge in [0.25, 0.3) is 0 Å². The van der Waals surface area contributed by atoms with E-state index in [2.05, 4.69) is 5.32 Å². The fourth-order valence-corrected chi connectivity index (χ4v) is 2.78. The highest BCUT2D eigenvalue weighted by Crippen LogP contribution is 2.19. The van der Waals surface area contributed by atoms with Gasteiger partial charge in [0.2, 0.25) is 17.7 Å². The molecule has 0 aliphatic carbocycles. The summed E-state index contributed by atoms with van der Waals surface area (Å²) in [7, 11) is 0. The highest BCUT2D eigenvalue weighted by molar-refractivity contribution is 5.81. The van der Waals surface area contributed by atoms with Crippen LogP contribution in [0.1, 0.15) is 59.3 Å². The topological polar surface area (TPSA) is 206 Å². The third-order valence-electron chi connectivity index (χ3n) is 5.00. The number of nitrogens with zero attached hydrogens (tertiary/aromatic N) is 1. The second-order valence-electron chi connectivity index (χ2n) is 8.64. The Morgan fingerprint density at radius 1 is 0.947 bits per heavy atom. The first-order valence-electron chi connectivity index (χ1n) is 12.3. The maximum Gasteiger partial charge on any atom is 0.349 e. The Labute approximate surface area is 220 Å². The van der Waals surface area contributed by atoms with Crippen LogP contribution in [0.25, 0.3) is 0 Å². The standard InChI is InChI=1S/C24H37N3O11/c1-4-21(31)37-16(14-36-23(33)15(2)3)13-35-22(32)11-8-18(28)26-12-6-5-7-17(25)24(34)38-27-19(29)9-10-20(27)30/h9-10,15-17,29-30H,4-8,11-14,25H2,1-3H3,(H,26,28). The minimum atomic E-state index is -1.00. The largest absolute Gasteiger partial charge is 0.492 e. The van der Waals surface area contributed by atoms with Gasteiger partial charge in [0.05, 0.1) is 12.3 Å². The zero-order valence-electron chi connectivity index (χ0n) is 21.8. The van der Waals surface area contributed by atoms with Crippen LogP contribution in [0, 0.1) is 5.92 Å². The van der Waals surface area contributed by atoms with E-state index in [-0.39, 0.29) is 57.3 Å². The van der Waals surface area contributed by atoms with Gasteiger partial charge >= 0.3 is 23.9 Å². The van der Waals surface area contributed by atoms with Crippen molar-refractivity contribution >= 4 is 29.8 Å². The number of amides is 1. The number of ether oxygens (including phenoxy) is 3. The van der Waals surface area contributed by atoms with Crippen LogP contribution in [0.2, 0.25) is 0 Å². The number of unbranched alkanes of at least 4 members (excludes halogenated alkanes) is 1. The van der Waals surface area contributed by atoms with Gasteiger partial charge in [-0.05, 0) is 19.3 Å². The van der Waals surface area contributed by atoms with Crippen molar-refractivity contribution in [1.29, 1.82) is 0 Å². The first kappa shape index (κ1) is 32.2. The van der Waals surface area contributed by atoms with Crippen molar-refractivity contribution in [3.63, 3.8) is 0 Å². The molecule has 1 amide bonds. The molecular weight excluding hydrogens is 506 g/mol. The molecule has 0 saturated heterocycles. The summed E-state index contributed by atoms with van der Waals surface area (Å²) in [6.07, 6.45) is 0.0178. The number of rotatable bonds is 17. The SMILES string of the molecule is CCC(=O)OC(COC(=O)CCC(=O)NCCCCC(N)C(=O)On1c(O)ccc1O)COC(=O)C(C)C. The Bertz CT molecular complexity index is 926. The van der Waals surface area contributed by atoms with Crippen molar-refractivity contribution < 1.29 is 53.2 Å². The maximum atomic E-state index is 12.0. The van der Waals surface area contributed by atoms with Gasteiger partial charge in [0, 0.05) is 31.5 Å². The lowest BCUT2D eigenvalue weighted by Gasteiger charge is -2.18. The van der Waals surface area contributed by atoms with E-state index in [0.29, 0.717) is 17.6 Å². The lowest BCUT2D eigenvalue weighted by Crippen LogP contribution is -2.37. The van der Waals surface area contributed by atoms with Crippen molar-refractivity contribution in [2.75, 3.05) is 19.8 Å². The van der Waals surface area contributed by atoms with E-state index in [1.54, 1.807) is 20.8 Å². The molecule has 1 aromatic heterocycles. The molecule has 14 heteroatoms. The number of hydrogen-bond acceptors (Lipinski definition) is 12. The molecule has 5 N–H and O–H groups in total. The average molecular weight is 544 g/mol. The summed E-state index contributed by atoms with van der Waals surface area (Å²) in [4.78, 5) is 63.9. The Morgan fingerprint density at radius 2 is 1.58 bits per heavy atom. The first-order chi connectivity index (χ1) is 17.9. The molecule has 0 spiro atoms. The van der Waals surface area contributed by atoms with Gasteiger partial charge in [-0.15, -0.1) is 4.73 Å². The van der Waals surface area contributed by atoms with E-state index < -0.39 is 47.8 Å². The van der Waals surface area contributed by atoms with Crippen LogP contribution in [0.4, 0.5) is 0 Å². The monoisotopic (exact) mass is 543 g/mol. The normalized spacial score (nSPS) is 12.3. The summed E-state index contributed by atoms with van der Waals surface area (Å²) in [6, 6.07) is 1.28. The van der Waals surface area contributed by atoms with Gasteiger partial charge in [-0.1, -0.05) is 20.8 Å². The number of aromatic nitrogens is 1. The van der Waals surface area contributed by atoms with Crippen LogP contribution in [0.15, 0.2) is 12.1 Å².